The average molecular weight is 463 g/mol. The van der Waals surface area contributed by atoms with E-state index >= 15 is 0 Å². The quantitative estimate of drug-likeness (QED) is 0.507. The molecule has 0 unspecified atom stereocenters. The molecule has 3 rings (SSSR count). The van der Waals surface area contributed by atoms with Gasteiger partial charge in [-0.2, -0.15) is 4.98 Å². The number of halogens is 2. The third-order valence-corrected chi connectivity index (χ3v) is 4.74. The van der Waals surface area contributed by atoms with E-state index in [2.05, 4.69) is 10.3 Å². The van der Waals surface area contributed by atoms with E-state index in [1.165, 1.54) is 16.7 Å². The zero-order chi connectivity index (χ0) is 23.3. The van der Waals surface area contributed by atoms with Crippen LogP contribution in [0.25, 0.3) is 0 Å². The van der Waals surface area contributed by atoms with E-state index in [0.717, 1.165) is 10.1 Å². The molecule has 0 bridgehead atoms. The zero-order valence-corrected chi connectivity index (χ0v) is 18.5. The molecule has 2 aromatic carbocycles. The Morgan fingerprint density at radius 1 is 1.16 bits per heavy atom. The summed E-state index contributed by atoms with van der Waals surface area (Å²) < 4.78 is 22.0. The maximum Gasteiger partial charge on any atom is 0.355 e. The number of hydrogen-bond acceptors (Lipinski definition) is 6. The number of aliphatic hydroxyl groups excluding tert-OH is 1. The first-order valence-electron chi connectivity index (χ1n) is 10.0. The molecule has 0 aliphatic rings. The first-order chi connectivity index (χ1) is 15.3. The van der Waals surface area contributed by atoms with E-state index in [4.69, 9.17) is 16.3 Å². The molecule has 0 radical (unpaired) electrons. The fraction of sp³-hybridized carbons (Fsp3) is 0.318. The predicted molar refractivity (Wildman–Crippen MR) is 120 cm³/mol. The van der Waals surface area contributed by atoms with Gasteiger partial charge in [0, 0.05) is 16.8 Å². The summed E-state index contributed by atoms with van der Waals surface area (Å²) >= 11 is 5.93. The van der Waals surface area contributed by atoms with Crippen LogP contribution < -0.4 is 21.4 Å². The highest BCUT2D eigenvalue weighted by Crippen LogP contribution is 2.23. The van der Waals surface area contributed by atoms with Crippen LogP contribution in [0.1, 0.15) is 19.4 Å². The number of nitrogens with one attached hydrogen (secondary N) is 1. The molecule has 0 amide bonds. The molecular formula is C22H24ClFN4O4. The van der Waals surface area contributed by atoms with Gasteiger partial charge in [0.15, 0.2) is 11.6 Å². The fourth-order valence-corrected chi connectivity index (χ4v) is 3.04. The van der Waals surface area contributed by atoms with Gasteiger partial charge in [0.1, 0.15) is 0 Å². The molecule has 10 heteroatoms. The summed E-state index contributed by atoms with van der Waals surface area (Å²) in [6.45, 7) is 3.77. The molecule has 3 aromatic rings. The number of aliphatic hydroxyl groups is 1. The maximum atomic E-state index is 14.5. The van der Waals surface area contributed by atoms with Gasteiger partial charge in [0.25, 0.3) is 0 Å². The minimum absolute atomic E-state index is 0.0561. The Balaban J connectivity index is 1.97. The van der Waals surface area contributed by atoms with E-state index in [0.29, 0.717) is 11.6 Å². The van der Waals surface area contributed by atoms with Crippen LogP contribution in [0.4, 0.5) is 16.0 Å². The lowest BCUT2D eigenvalue weighted by molar-refractivity contribution is 0.259. The number of ether oxygens (including phenoxy) is 1. The van der Waals surface area contributed by atoms with Crippen LogP contribution in [0.2, 0.25) is 5.02 Å². The second-order valence-corrected chi connectivity index (χ2v) is 8.00. The van der Waals surface area contributed by atoms with Crippen molar-refractivity contribution >= 4 is 23.2 Å². The molecule has 0 fully saturated rings. The smallest absolute Gasteiger partial charge is 0.355 e. The topological polar surface area (TPSA) is 98.4 Å². The Morgan fingerprint density at radius 3 is 2.50 bits per heavy atom. The zero-order valence-electron chi connectivity index (χ0n) is 17.7. The predicted octanol–water partition coefficient (Wildman–Crippen LogP) is 3.02. The molecule has 0 saturated heterocycles. The monoisotopic (exact) mass is 462 g/mol. The van der Waals surface area contributed by atoms with Gasteiger partial charge in [-0.15, -0.1) is 0 Å². The van der Waals surface area contributed by atoms with Crippen LogP contribution in [-0.4, -0.2) is 32.4 Å². The van der Waals surface area contributed by atoms with Crippen molar-refractivity contribution in [2.45, 2.75) is 26.9 Å². The van der Waals surface area contributed by atoms with E-state index in [1.807, 2.05) is 13.8 Å². The highest BCUT2D eigenvalue weighted by molar-refractivity contribution is 6.30. The van der Waals surface area contributed by atoms with Gasteiger partial charge in [-0.05, 0) is 35.7 Å². The fourth-order valence-electron chi connectivity index (χ4n) is 2.91. The summed E-state index contributed by atoms with van der Waals surface area (Å²) in [5.74, 6) is -0.298. The Hall–Kier alpha value is -3.17. The molecule has 170 valence electrons. The van der Waals surface area contributed by atoms with Gasteiger partial charge >= 0.3 is 11.4 Å². The number of aromatic nitrogens is 3. The van der Waals surface area contributed by atoms with Crippen molar-refractivity contribution in [1.82, 2.24) is 14.1 Å². The Morgan fingerprint density at radius 2 is 1.88 bits per heavy atom. The summed E-state index contributed by atoms with van der Waals surface area (Å²) in [4.78, 5) is 29.2. The number of rotatable bonds is 9. The number of nitrogens with zero attached hydrogens (tertiary/aromatic N) is 3. The van der Waals surface area contributed by atoms with E-state index in [9.17, 15) is 19.1 Å². The molecule has 2 N–H and O–H groups in total. The second-order valence-electron chi connectivity index (χ2n) is 7.56. The highest BCUT2D eigenvalue weighted by atomic mass is 35.5. The normalized spacial score (nSPS) is 11.1. The molecule has 1 heterocycles. The number of hydrogen-bond donors (Lipinski definition) is 2. The third kappa shape index (κ3) is 5.74. The Labute approximate surface area is 188 Å². The van der Waals surface area contributed by atoms with Crippen LogP contribution in [0.15, 0.2) is 52.1 Å². The van der Waals surface area contributed by atoms with Crippen molar-refractivity contribution in [1.29, 1.82) is 0 Å². The van der Waals surface area contributed by atoms with Crippen molar-refractivity contribution in [3.05, 3.63) is 79.8 Å². The van der Waals surface area contributed by atoms with Crippen molar-refractivity contribution in [2.24, 2.45) is 5.92 Å². The lowest BCUT2D eigenvalue weighted by Crippen LogP contribution is -2.43. The van der Waals surface area contributed by atoms with Crippen molar-refractivity contribution < 1.29 is 14.2 Å². The van der Waals surface area contributed by atoms with Crippen LogP contribution in [0, 0.1) is 11.7 Å². The highest BCUT2D eigenvalue weighted by Gasteiger charge is 2.15. The van der Waals surface area contributed by atoms with Crippen LogP contribution in [0.3, 0.4) is 0 Å². The summed E-state index contributed by atoms with van der Waals surface area (Å²) in [5, 5.41) is 12.6. The Kier molecular flexibility index (Phi) is 7.66. The van der Waals surface area contributed by atoms with E-state index in [-0.39, 0.29) is 36.4 Å². The molecule has 0 aliphatic carbocycles. The molecule has 1 aromatic heterocycles. The molecule has 0 atom stereocenters. The van der Waals surface area contributed by atoms with Gasteiger partial charge in [-0.3, -0.25) is 4.57 Å². The lowest BCUT2D eigenvalue weighted by Gasteiger charge is -2.16. The average Bonchev–Trinajstić information content (AvgIpc) is 2.74. The molecular weight excluding hydrogens is 439 g/mol. The van der Waals surface area contributed by atoms with Gasteiger partial charge in [-0.25, -0.2) is 18.5 Å². The summed E-state index contributed by atoms with van der Waals surface area (Å²) in [5.41, 5.74) is -0.459. The van der Waals surface area contributed by atoms with Gasteiger partial charge in [0.05, 0.1) is 26.3 Å². The second kappa shape index (κ2) is 10.4. The Bertz CT molecular complexity index is 1190. The molecule has 0 saturated carbocycles. The third-order valence-electron chi connectivity index (χ3n) is 4.49. The first-order valence-corrected chi connectivity index (χ1v) is 10.4. The van der Waals surface area contributed by atoms with Crippen LogP contribution >= 0.6 is 11.6 Å². The molecule has 0 spiro atoms. The van der Waals surface area contributed by atoms with Crippen LogP contribution in [0.5, 0.6) is 5.75 Å². The number of benzene rings is 2. The van der Waals surface area contributed by atoms with Gasteiger partial charge in [0.2, 0.25) is 5.95 Å². The van der Waals surface area contributed by atoms with Crippen molar-refractivity contribution in [2.75, 3.05) is 18.5 Å². The molecule has 8 nitrogen and oxygen atoms in total. The maximum absolute atomic E-state index is 14.5. The van der Waals surface area contributed by atoms with E-state index < -0.39 is 23.8 Å². The molecule has 0 aliphatic heterocycles. The van der Waals surface area contributed by atoms with Crippen molar-refractivity contribution in [3.8, 4) is 5.75 Å². The SMILES string of the molecule is CC(C)COc1ccc(Nc2nc(=O)n(CCO)c(=O)n2Cc2ccc(Cl)cc2)cc1F. The summed E-state index contributed by atoms with van der Waals surface area (Å²) in [6, 6.07) is 11.1. The largest absolute Gasteiger partial charge is 0.490 e. The van der Waals surface area contributed by atoms with E-state index in [1.54, 1.807) is 30.3 Å². The minimum Gasteiger partial charge on any atom is -0.490 e. The number of anilines is 2. The van der Waals surface area contributed by atoms with Gasteiger partial charge < -0.3 is 15.2 Å². The first kappa shape index (κ1) is 23.5. The minimum atomic E-state index is -0.823. The van der Waals surface area contributed by atoms with Crippen LogP contribution in [-0.2, 0) is 13.1 Å². The lowest BCUT2D eigenvalue weighted by atomic mass is 10.2. The summed E-state index contributed by atoms with van der Waals surface area (Å²) in [6.07, 6.45) is 0. The summed E-state index contributed by atoms with van der Waals surface area (Å²) in [7, 11) is 0. The van der Waals surface area contributed by atoms with Crippen molar-refractivity contribution in [3.63, 3.8) is 0 Å². The molecule has 32 heavy (non-hydrogen) atoms. The standard InChI is InChI=1S/C22H24ClFN4O4/c1-14(2)13-32-19-8-7-17(11-18(19)24)25-20-26-21(30)27(9-10-29)22(31)28(20)12-15-3-5-16(23)6-4-15/h3-8,11,14,29H,9-10,12-13H2,1-2H3,(H,25,26,30). The van der Waals surface area contributed by atoms with Gasteiger partial charge in [-0.1, -0.05) is 37.6 Å².